The Bertz CT molecular complexity index is 5280. The molecule has 0 aliphatic heterocycles. The highest BCUT2D eigenvalue weighted by molar-refractivity contribution is 5.90. The lowest BCUT2D eigenvalue weighted by Crippen LogP contribution is -2.30. The van der Waals surface area contributed by atoms with Gasteiger partial charge in [-0.05, 0) is 246 Å². The smallest absolute Gasteiger partial charge is 0.0714 e. The Morgan fingerprint density at radius 3 is 1.14 bits per heavy atom. The maximum absolute atomic E-state index is 2.61. The molecule has 2 heteroatoms. The van der Waals surface area contributed by atoms with Crippen molar-refractivity contribution in [1.29, 1.82) is 0 Å². The van der Waals surface area contributed by atoms with Gasteiger partial charge in [-0.15, -0.1) is 0 Å². The number of benzene rings is 13. The summed E-state index contributed by atoms with van der Waals surface area (Å²) >= 11 is 0. The first-order valence-electron chi connectivity index (χ1n) is 40.4. The number of nitrogens with zero attached hydrogens (tertiary/aromatic N) is 2. The number of hydrogen-bond donors (Lipinski definition) is 0. The molecule has 0 saturated heterocycles. The van der Waals surface area contributed by atoms with E-state index in [4.69, 9.17) is 0 Å². The minimum Gasteiger partial charge on any atom is -0.345 e. The standard InChI is InChI=1S/C105H102N2/c1-8-10-12-14-20-66-104(67-21-15-13-11-9-2)99-24-18-16-22-95(99)97-65-63-94(71-101(97)104)107(92-60-48-81(49-61-92)78-40-52-87(53-41-78)103(6,72(3)4)86-50-38-77(39-51-86)74-28-26-73(5)27-29-74)91-58-46-80(47-59-91)76-32-30-75(31-33-76)79-44-56-90(57-45-79)106(7)93-62-64-98-96-23-17-19-25-100(96)105(102(98)70-93,88-54-42-82-34-36-84(82)68-88)89-55-43-83-35-37-85(83)69-89/h16-19,22-33,38-65,68-72H,8-15,20-21,34-37,66-67H2,1-7H3. The van der Waals surface area contributed by atoms with E-state index in [9.17, 15) is 0 Å². The van der Waals surface area contributed by atoms with Crippen LogP contribution in [-0.2, 0) is 41.9 Å². The Hall–Kier alpha value is -10.5. The van der Waals surface area contributed by atoms with E-state index in [1.807, 2.05) is 0 Å². The zero-order valence-electron chi connectivity index (χ0n) is 64.0. The van der Waals surface area contributed by atoms with Gasteiger partial charge < -0.3 is 9.80 Å². The predicted molar refractivity (Wildman–Crippen MR) is 455 cm³/mol. The fourth-order valence-corrected chi connectivity index (χ4v) is 19.0. The lowest BCUT2D eigenvalue weighted by atomic mass is 9.65. The maximum atomic E-state index is 2.61. The van der Waals surface area contributed by atoms with E-state index < -0.39 is 5.41 Å². The van der Waals surface area contributed by atoms with Crippen molar-refractivity contribution < 1.29 is 0 Å². The number of hydrogen-bond acceptors (Lipinski definition) is 2. The molecule has 0 amide bonds. The van der Waals surface area contributed by atoms with Crippen molar-refractivity contribution in [3.8, 4) is 66.8 Å². The Morgan fingerprint density at radius 1 is 0.327 bits per heavy atom. The Morgan fingerprint density at radius 2 is 0.692 bits per heavy atom. The fraction of sp³-hybridized carbons (Fsp3) is 0.257. The van der Waals surface area contributed by atoms with Crippen LogP contribution in [0.3, 0.4) is 0 Å². The summed E-state index contributed by atoms with van der Waals surface area (Å²) in [6.07, 6.45) is 19.8. The van der Waals surface area contributed by atoms with Gasteiger partial charge in [-0.3, -0.25) is 0 Å². The normalized spacial score (nSPS) is 14.4. The third kappa shape index (κ3) is 12.6. The van der Waals surface area contributed by atoms with Crippen molar-refractivity contribution in [1.82, 2.24) is 0 Å². The second-order valence-electron chi connectivity index (χ2n) is 32.2. The predicted octanol–water partition coefficient (Wildman–Crippen LogP) is 28.4. The van der Waals surface area contributed by atoms with Gasteiger partial charge in [0.2, 0.25) is 0 Å². The van der Waals surface area contributed by atoms with Crippen LogP contribution in [0.4, 0.5) is 28.4 Å². The molecule has 0 aromatic heterocycles. The van der Waals surface area contributed by atoms with Crippen LogP contribution in [0.2, 0.25) is 0 Å². The summed E-state index contributed by atoms with van der Waals surface area (Å²) in [6, 6.07) is 113. The van der Waals surface area contributed by atoms with Crippen LogP contribution < -0.4 is 9.80 Å². The molecule has 2 nitrogen and oxygen atoms in total. The van der Waals surface area contributed by atoms with Gasteiger partial charge in [-0.1, -0.05) is 335 Å². The lowest BCUT2D eigenvalue weighted by molar-refractivity contribution is 0.399. The number of aryl methyl sites for hydroxylation is 5. The number of rotatable bonds is 26. The molecule has 17 rings (SSSR count). The summed E-state index contributed by atoms with van der Waals surface area (Å²) in [5, 5.41) is 0. The minimum atomic E-state index is -0.417. The fourth-order valence-electron chi connectivity index (χ4n) is 19.0. The molecule has 1 atom stereocenters. The molecule has 532 valence electrons. The van der Waals surface area contributed by atoms with Gasteiger partial charge in [0, 0.05) is 46.3 Å². The van der Waals surface area contributed by atoms with E-state index in [2.05, 4.69) is 350 Å². The lowest BCUT2D eigenvalue weighted by Gasteiger charge is -2.37. The minimum absolute atomic E-state index is 0.0370. The van der Waals surface area contributed by atoms with Crippen molar-refractivity contribution in [3.63, 3.8) is 0 Å². The Labute approximate surface area is 637 Å². The molecule has 1 unspecified atom stereocenters. The van der Waals surface area contributed by atoms with Crippen molar-refractivity contribution in [2.24, 2.45) is 5.92 Å². The average Bonchev–Trinajstić information content (AvgIpc) is 1.55. The molecule has 4 aliphatic rings. The molecule has 107 heavy (non-hydrogen) atoms. The molecule has 0 spiro atoms. The van der Waals surface area contributed by atoms with Gasteiger partial charge in [0.15, 0.2) is 0 Å². The van der Waals surface area contributed by atoms with Crippen LogP contribution in [-0.4, -0.2) is 7.05 Å². The van der Waals surface area contributed by atoms with Crippen molar-refractivity contribution in [2.45, 2.75) is 161 Å². The average molecular weight is 1390 g/mol. The highest BCUT2D eigenvalue weighted by Gasteiger charge is 2.48. The van der Waals surface area contributed by atoms with Crippen LogP contribution in [0.1, 0.15) is 184 Å². The van der Waals surface area contributed by atoms with Gasteiger partial charge in [0.1, 0.15) is 0 Å². The van der Waals surface area contributed by atoms with Crippen LogP contribution in [0.5, 0.6) is 0 Å². The monoisotopic (exact) mass is 1390 g/mol. The first-order chi connectivity index (χ1) is 52.4. The maximum Gasteiger partial charge on any atom is 0.0714 e. The molecule has 0 radical (unpaired) electrons. The molecule has 0 saturated carbocycles. The van der Waals surface area contributed by atoms with E-state index in [0.717, 1.165) is 29.9 Å². The van der Waals surface area contributed by atoms with Crippen LogP contribution >= 0.6 is 0 Å². The topological polar surface area (TPSA) is 6.48 Å². The molecule has 0 bridgehead atoms. The third-order valence-corrected chi connectivity index (χ3v) is 25.8. The largest absolute Gasteiger partial charge is 0.345 e. The van der Waals surface area contributed by atoms with E-state index in [1.165, 1.54) is 240 Å². The summed E-state index contributed by atoms with van der Waals surface area (Å²) in [5.74, 6) is 0.385. The van der Waals surface area contributed by atoms with E-state index >= 15 is 0 Å². The quantitative estimate of drug-likeness (QED) is 0.0499. The second-order valence-corrected chi connectivity index (χ2v) is 32.2. The van der Waals surface area contributed by atoms with Gasteiger partial charge in [-0.25, -0.2) is 0 Å². The Balaban J connectivity index is 0.665. The summed E-state index contributed by atoms with van der Waals surface area (Å²) < 4.78 is 0. The Kier molecular flexibility index (Phi) is 19.0. The number of anilines is 5. The van der Waals surface area contributed by atoms with Gasteiger partial charge >= 0.3 is 0 Å². The summed E-state index contributed by atoms with van der Waals surface area (Å²) in [5.41, 5.74) is 39.0. The zero-order chi connectivity index (χ0) is 72.8. The molecule has 13 aromatic rings. The summed E-state index contributed by atoms with van der Waals surface area (Å²) in [4.78, 5) is 4.89. The summed E-state index contributed by atoms with van der Waals surface area (Å²) in [6.45, 7) is 14.0. The first kappa shape index (κ1) is 69.5. The van der Waals surface area contributed by atoms with E-state index in [-0.39, 0.29) is 10.8 Å². The third-order valence-electron chi connectivity index (χ3n) is 25.8. The zero-order valence-corrected chi connectivity index (χ0v) is 64.0. The number of unbranched alkanes of at least 4 members (excludes halogenated alkanes) is 8. The van der Waals surface area contributed by atoms with E-state index in [0.29, 0.717) is 5.92 Å². The molecule has 4 aliphatic carbocycles. The molecule has 13 aromatic carbocycles. The molecular formula is C105H102N2. The highest BCUT2D eigenvalue weighted by atomic mass is 15.1. The van der Waals surface area contributed by atoms with Crippen molar-refractivity contribution in [3.05, 3.63) is 364 Å². The van der Waals surface area contributed by atoms with Crippen molar-refractivity contribution >= 4 is 28.4 Å². The van der Waals surface area contributed by atoms with Crippen molar-refractivity contribution in [2.75, 3.05) is 16.8 Å². The van der Waals surface area contributed by atoms with Crippen LogP contribution in [0.25, 0.3) is 66.8 Å². The molecule has 0 heterocycles. The van der Waals surface area contributed by atoms with Gasteiger partial charge in [-0.2, -0.15) is 0 Å². The second kappa shape index (κ2) is 29.3. The van der Waals surface area contributed by atoms with Crippen LogP contribution in [0, 0.1) is 12.8 Å². The first-order valence-corrected chi connectivity index (χ1v) is 40.4. The highest BCUT2D eigenvalue weighted by Crippen LogP contribution is 2.59. The molecule has 0 N–H and O–H groups in total. The van der Waals surface area contributed by atoms with E-state index in [1.54, 1.807) is 0 Å². The van der Waals surface area contributed by atoms with Crippen LogP contribution in [0.15, 0.2) is 291 Å². The van der Waals surface area contributed by atoms with Gasteiger partial charge in [0.05, 0.1) is 5.41 Å². The number of fused-ring (bicyclic) bond motifs is 8. The molecule has 0 fully saturated rings. The van der Waals surface area contributed by atoms with Gasteiger partial charge in [0.25, 0.3) is 0 Å². The molecular weight excluding hydrogens is 1290 g/mol. The SMILES string of the molecule is CCCCCCCC1(CCCCCCC)c2ccccc2-c2ccc(N(c3ccc(-c4ccc(-c5ccc(N(C)c6ccc7c(c6)C(c6ccc8c(c6)CC8)(c6ccc8c(c6)CC8)c6ccccc6-7)cc5)cc4)cc3)c3ccc(-c4ccc(C(C)(c5ccc(-c6ccc(C)cc6)cc5)C(C)C)cc4)cc3)cc21. The summed E-state index contributed by atoms with van der Waals surface area (Å²) in [7, 11) is 2.23.